The smallest absolute Gasteiger partial charge is 0.244 e. The Hall–Kier alpha value is -1.07. The van der Waals surface area contributed by atoms with E-state index in [4.69, 9.17) is 4.74 Å². The zero-order valence-electron chi connectivity index (χ0n) is 9.64. The minimum Gasteiger partial charge on any atom is -0.489 e. The number of rotatable bonds is 3. The number of hydrogen-bond acceptors (Lipinski definition) is 3. The van der Waals surface area contributed by atoms with E-state index in [2.05, 4.69) is 4.72 Å². The fraction of sp³-hybridized carbons (Fsp3) is 0.500. The number of ether oxygens (including phenoxy) is 1. The molecule has 1 aromatic rings. The van der Waals surface area contributed by atoms with Gasteiger partial charge in [0.05, 0.1) is 0 Å². The van der Waals surface area contributed by atoms with Gasteiger partial charge in [-0.15, -0.1) is 0 Å². The van der Waals surface area contributed by atoms with Crippen LogP contribution in [0.15, 0.2) is 23.1 Å². The van der Waals surface area contributed by atoms with E-state index in [-0.39, 0.29) is 17.0 Å². The Balaban J connectivity index is 2.01. The highest BCUT2D eigenvalue weighted by Gasteiger charge is 2.32. The molecule has 3 rings (SSSR count). The largest absolute Gasteiger partial charge is 0.489 e. The van der Waals surface area contributed by atoms with Crippen molar-refractivity contribution in [2.75, 3.05) is 0 Å². The molecule has 1 heterocycles. The van der Waals surface area contributed by atoms with Gasteiger partial charge in [0.25, 0.3) is 0 Å². The topological polar surface area (TPSA) is 55.4 Å². The maximum Gasteiger partial charge on any atom is 0.244 e. The summed E-state index contributed by atoms with van der Waals surface area (Å²) in [7, 11) is -3.42. The minimum atomic E-state index is -3.42. The average molecular weight is 253 g/mol. The monoisotopic (exact) mass is 253 g/mol. The van der Waals surface area contributed by atoms with E-state index in [9.17, 15) is 8.42 Å². The summed E-state index contributed by atoms with van der Waals surface area (Å²) in [6.45, 7) is 1.95. The van der Waals surface area contributed by atoms with Gasteiger partial charge >= 0.3 is 0 Å². The second-order valence-corrected chi connectivity index (χ2v) is 6.45. The van der Waals surface area contributed by atoms with Gasteiger partial charge in [-0.3, -0.25) is 0 Å². The molecule has 17 heavy (non-hydrogen) atoms. The van der Waals surface area contributed by atoms with Gasteiger partial charge in [-0.2, -0.15) is 0 Å². The second kappa shape index (κ2) is 3.71. The first-order chi connectivity index (χ1) is 8.06. The lowest BCUT2D eigenvalue weighted by molar-refractivity contribution is 0.249. The Bertz CT molecular complexity index is 549. The Labute approximate surface area is 101 Å². The molecule has 1 aromatic carbocycles. The van der Waals surface area contributed by atoms with Gasteiger partial charge < -0.3 is 4.74 Å². The molecule has 0 radical (unpaired) electrons. The lowest BCUT2D eigenvalue weighted by atomic mass is 10.1. The number of sulfonamides is 1. The SMILES string of the molecule is CC1Cc2cccc(S(=O)(=O)NC3CC3)c2O1. The molecular formula is C12H15NO3S. The standard InChI is InChI=1S/C12H15NO3S/c1-8-7-9-3-2-4-11(12(9)16-8)17(14,15)13-10-5-6-10/h2-4,8,10,13H,5-7H2,1H3. The minimum absolute atomic E-state index is 0.0577. The van der Waals surface area contributed by atoms with Crippen molar-refractivity contribution in [3.63, 3.8) is 0 Å². The normalized spacial score (nSPS) is 23.2. The van der Waals surface area contributed by atoms with Crippen LogP contribution in [0.2, 0.25) is 0 Å². The zero-order valence-corrected chi connectivity index (χ0v) is 10.5. The molecule has 0 spiro atoms. The molecule has 1 fully saturated rings. The fourth-order valence-electron chi connectivity index (χ4n) is 2.10. The lowest BCUT2D eigenvalue weighted by Gasteiger charge is -2.10. The van der Waals surface area contributed by atoms with Crippen LogP contribution in [-0.2, 0) is 16.4 Å². The van der Waals surface area contributed by atoms with E-state index in [0.717, 1.165) is 24.8 Å². The van der Waals surface area contributed by atoms with Crippen LogP contribution < -0.4 is 9.46 Å². The predicted molar refractivity (Wildman–Crippen MR) is 63.6 cm³/mol. The van der Waals surface area contributed by atoms with Crippen LogP contribution in [0.25, 0.3) is 0 Å². The maximum atomic E-state index is 12.2. The number of para-hydroxylation sites is 1. The molecule has 1 saturated carbocycles. The number of benzene rings is 1. The van der Waals surface area contributed by atoms with E-state index >= 15 is 0 Å². The van der Waals surface area contributed by atoms with Crippen molar-refractivity contribution in [3.05, 3.63) is 23.8 Å². The summed E-state index contributed by atoms with van der Waals surface area (Å²) in [5.41, 5.74) is 0.983. The molecule has 1 atom stereocenters. The first-order valence-corrected chi connectivity index (χ1v) is 7.35. The number of fused-ring (bicyclic) bond motifs is 1. The van der Waals surface area contributed by atoms with Crippen molar-refractivity contribution in [3.8, 4) is 5.75 Å². The summed E-state index contributed by atoms with van der Waals surface area (Å²) in [6, 6.07) is 5.44. The molecule has 4 nitrogen and oxygen atoms in total. The van der Waals surface area contributed by atoms with Crippen molar-refractivity contribution >= 4 is 10.0 Å². The van der Waals surface area contributed by atoms with Gasteiger partial charge in [-0.1, -0.05) is 12.1 Å². The molecule has 92 valence electrons. The van der Waals surface area contributed by atoms with E-state index < -0.39 is 10.0 Å². The molecule has 0 bridgehead atoms. The summed E-state index contributed by atoms with van der Waals surface area (Å²) in [5, 5.41) is 0. The van der Waals surface area contributed by atoms with Crippen molar-refractivity contribution < 1.29 is 13.2 Å². The van der Waals surface area contributed by atoms with Gasteiger partial charge in [0.2, 0.25) is 10.0 Å². The van der Waals surface area contributed by atoms with Crippen molar-refractivity contribution in [2.45, 2.75) is 43.2 Å². The van der Waals surface area contributed by atoms with E-state index in [1.54, 1.807) is 12.1 Å². The third-order valence-corrected chi connectivity index (χ3v) is 4.62. The van der Waals surface area contributed by atoms with Crippen molar-refractivity contribution in [1.29, 1.82) is 0 Å². The van der Waals surface area contributed by atoms with Crippen LogP contribution in [0.1, 0.15) is 25.3 Å². The van der Waals surface area contributed by atoms with Crippen LogP contribution in [-0.4, -0.2) is 20.6 Å². The lowest BCUT2D eigenvalue weighted by Crippen LogP contribution is -2.26. The fourth-order valence-corrected chi connectivity index (χ4v) is 3.59. The van der Waals surface area contributed by atoms with Gasteiger partial charge in [-0.25, -0.2) is 13.1 Å². The Morgan fingerprint density at radius 3 is 2.82 bits per heavy atom. The van der Waals surface area contributed by atoms with Gasteiger partial charge in [0.15, 0.2) is 0 Å². The van der Waals surface area contributed by atoms with Gasteiger partial charge in [0.1, 0.15) is 16.7 Å². The van der Waals surface area contributed by atoms with Crippen molar-refractivity contribution in [2.24, 2.45) is 0 Å². The molecule has 2 aliphatic rings. The Kier molecular flexibility index (Phi) is 2.41. The first kappa shape index (κ1) is 11.0. The molecular weight excluding hydrogens is 238 g/mol. The third kappa shape index (κ3) is 2.05. The van der Waals surface area contributed by atoms with Gasteiger partial charge in [-0.05, 0) is 31.4 Å². The number of nitrogens with one attached hydrogen (secondary N) is 1. The highest BCUT2D eigenvalue weighted by molar-refractivity contribution is 7.89. The quantitative estimate of drug-likeness (QED) is 0.887. The molecule has 0 amide bonds. The summed E-state index contributed by atoms with van der Waals surface area (Å²) in [5.74, 6) is 0.535. The molecule has 0 aromatic heterocycles. The molecule has 0 saturated heterocycles. The second-order valence-electron chi connectivity index (χ2n) is 4.77. The summed E-state index contributed by atoms with van der Waals surface area (Å²) in [6.07, 6.45) is 2.71. The Morgan fingerprint density at radius 2 is 2.12 bits per heavy atom. The molecule has 1 N–H and O–H groups in total. The summed E-state index contributed by atoms with van der Waals surface area (Å²) >= 11 is 0. The molecule has 1 unspecified atom stereocenters. The van der Waals surface area contributed by atoms with Gasteiger partial charge in [0, 0.05) is 12.5 Å². The van der Waals surface area contributed by atoms with Crippen LogP contribution in [0.5, 0.6) is 5.75 Å². The van der Waals surface area contributed by atoms with E-state index in [1.165, 1.54) is 0 Å². The maximum absolute atomic E-state index is 12.2. The number of hydrogen-bond donors (Lipinski definition) is 1. The van der Waals surface area contributed by atoms with E-state index in [1.807, 2.05) is 13.0 Å². The zero-order chi connectivity index (χ0) is 12.0. The third-order valence-electron chi connectivity index (χ3n) is 3.08. The Morgan fingerprint density at radius 1 is 1.35 bits per heavy atom. The van der Waals surface area contributed by atoms with Crippen LogP contribution >= 0.6 is 0 Å². The van der Waals surface area contributed by atoms with Crippen molar-refractivity contribution in [1.82, 2.24) is 4.72 Å². The molecule has 1 aliphatic heterocycles. The first-order valence-electron chi connectivity index (χ1n) is 5.87. The highest BCUT2D eigenvalue weighted by atomic mass is 32.2. The van der Waals surface area contributed by atoms with Crippen LogP contribution in [0, 0.1) is 0 Å². The molecule has 5 heteroatoms. The average Bonchev–Trinajstić information content (AvgIpc) is 2.95. The highest BCUT2D eigenvalue weighted by Crippen LogP contribution is 2.35. The van der Waals surface area contributed by atoms with E-state index in [0.29, 0.717) is 5.75 Å². The van der Waals surface area contributed by atoms with Crippen LogP contribution in [0.3, 0.4) is 0 Å². The molecule has 1 aliphatic carbocycles. The predicted octanol–water partition coefficient (Wildman–Crippen LogP) is 1.45. The van der Waals surface area contributed by atoms with Crippen LogP contribution in [0.4, 0.5) is 0 Å². The summed E-state index contributed by atoms with van der Waals surface area (Å²) < 4.78 is 32.6. The summed E-state index contributed by atoms with van der Waals surface area (Å²) in [4.78, 5) is 0.284.